The van der Waals surface area contributed by atoms with Gasteiger partial charge in [0.25, 0.3) is 5.69 Å². The van der Waals surface area contributed by atoms with Crippen molar-refractivity contribution < 1.29 is 18.8 Å². The Morgan fingerprint density at radius 1 is 1.26 bits per heavy atom. The summed E-state index contributed by atoms with van der Waals surface area (Å²) in [6.07, 6.45) is 0.951. The molecule has 1 N–H and O–H groups in total. The number of nitro benzene ring substituents is 1. The molecule has 144 valence electrons. The molecular formula is C19H22FN3O4. The third-order valence-corrected chi connectivity index (χ3v) is 4.04. The molecule has 0 fully saturated rings. The molecule has 0 aliphatic rings. The first kappa shape index (κ1) is 20.2. The van der Waals surface area contributed by atoms with Gasteiger partial charge in [0, 0.05) is 44.4 Å². The van der Waals surface area contributed by atoms with Crippen LogP contribution in [0, 0.1) is 15.9 Å². The van der Waals surface area contributed by atoms with E-state index in [9.17, 15) is 19.3 Å². The highest BCUT2D eigenvalue weighted by Crippen LogP contribution is 2.19. The second-order valence-corrected chi connectivity index (χ2v) is 6.05. The van der Waals surface area contributed by atoms with Crippen LogP contribution in [0.5, 0.6) is 5.75 Å². The molecule has 7 nitrogen and oxygen atoms in total. The van der Waals surface area contributed by atoms with Crippen molar-refractivity contribution in [3.8, 4) is 5.75 Å². The van der Waals surface area contributed by atoms with Gasteiger partial charge in [-0.2, -0.15) is 0 Å². The minimum absolute atomic E-state index is 0.0346. The molecule has 0 saturated heterocycles. The van der Waals surface area contributed by atoms with Crippen LogP contribution in [0.1, 0.15) is 18.4 Å². The first-order valence-corrected chi connectivity index (χ1v) is 8.45. The van der Waals surface area contributed by atoms with E-state index in [1.54, 1.807) is 30.1 Å². The minimum atomic E-state index is -0.455. The average Bonchev–Trinajstić information content (AvgIpc) is 2.65. The number of carbonyl (C=O) groups is 1. The Morgan fingerprint density at radius 2 is 1.96 bits per heavy atom. The summed E-state index contributed by atoms with van der Waals surface area (Å²) in [5, 5.41) is 13.7. The van der Waals surface area contributed by atoms with Gasteiger partial charge in [0.1, 0.15) is 0 Å². The molecule has 0 radical (unpaired) electrons. The van der Waals surface area contributed by atoms with Crippen molar-refractivity contribution in [2.75, 3.05) is 26.0 Å². The summed E-state index contributed by atoms with van der Waals surface area (Å²) < 4.78 is 18.6. The van der Waals surface area contributed by atoms with Crippen molar-refractivity contribution in [3.05, 3.63) is 64.0 Å². The zero-order chi connectivity index (χ0) is 19.8. The fourth-order valence-electron chi connectivity index (χ4n) is 2.53. The van der Waals surface area contributed by atoms with Crippen molar-refractivity contribution in [1.29, 1.82) is 0 Å². The minimum Gasteiger partial charge on any atom is -0.494 e. The summed E-state index contributed by atoms with van der Waals surface area (Å²) in [5.41, 5.74) is 1.48. The molecule has 0 aliphatic heterocycles. The van der Waals surface area contributed by atoms with Crippen LogP contribution in [-0.2, 0) is 11.3 Å². The number of non-ortho nitro benzene ring substituents is 1. The Morgan fingerprint density at radius 3 is 2.56 bits per heavy atom. The van der Waals surface area contributed by atoms with E-state index in [0.717, 1.165) is 5.69 Å². The number of carbonyl (C=O) groups excluding carboxylic acids is 1. The lowest BCUT2D eigenvalue weighted by Crippen LogP contribution is -2.26. The van der Waals surface area contributed by atoms with E-state index in [1.807, 2.05) is 0 Å². The Kier molecular flexibility index (Phi) is 7.10. The maximum absolute atomic E-state index is 13.7. The molecule has 1 amide bonds. The Labute approximate surface area is 156 Å². The smallest absolute Gasteiger partial charge is 0.269 e. The molecule has 0 saturated carbocycles. The number of halogens is 1. The van der Waals surface area contributed by atoms with Crippen LogP contribution in [-0.4, -0.2) is 36.4 Å². The Balaban J connectivity index is 1.74. The van der Waals surface area contributed by atoms with Gasteiger partial charge in [-0.3, -0.25) is 14.9 Å². The van der Waals surface area contributed by atoms with Gasteiger partial charge < -0.3 is 15.0 Å². The van der Waals surface area contributed by atoms with Crippen LogP contribution in [0.4, 0.5) is 15.8 Å². The maximum atomic E-state index is 13.7. The number of rotatable bonds is 9. The van der Waals surface area contributed by atoms with E-state index in [-0.39, 0.29) is 17.3 Å². The molecule has 0 bridgehead atoms. The second-order valence-electron chi connectivity index (χ2n) is 6.05. The Bertz CT molecular complexity index is 796. The van der Waals surface area contributed by atoms with Gasteiger partial charge in [-0.25, -0.2) is 4.39 Å². The van der Waals surface area contributed by atoms with Crippen LogP contribution >= 0.6 is 0 Å². The van der Waals surface area contributed by atoms with Gasteiger partial charge in [-0.15, -0.1) is 0 Å². The van der Waals surface area contributed by atoms with Crippen LogP contribution < -0.4 is 10.1 Å². The monoisotopic (exact) mass is 375 g/mol. The van der Waals surface area contributed by atoms with E-state index in [1.165, 1.54) is 31.4 Å². The zero-order valence-electron chi connectivity index (χ0n) is 15.3. The number of hydrogen-bond acceptors (Lipinski definition) is 5. The largest absolute Gasteiger partial charge is 0.494 e. The molecule has 2 aromatic carbocycles. The third-order valence-electron chi connectivity index (χ3n) is 4.04. The predicted molar refractivity (Wildman–Crippen MR) is 100 cm³/mol. The number of methoxy groups -OCH3 is 1. The summed E-state index contributed by atoms with van der Waals surface area (Å²) in [6.45, 7) is 0.879. The predicted octanol–water partition coefficient (Wildman–Crippen LogP) is 3.59. The number of nitro groups is 1. The fourth-order valence-corrected chi connectivity index (χ4v) is 2.53. The number of benzene rings is 2. The summed E-state index contributed by atoms with van der Waals surface area (Å²) in [7, 11) is 3.08. The SMILES string of the molecule is COc1ccc(CN(C)C(=O)CCCNc2ccc([N+](=O)[O-])cc2)cc1F. The summed E-state index contributed by atoms with van der Waals surface area (Å²) in [4.78, 5) is 23.9. The molecule has 0 unspecified atom stereocenters. The van der Waals surface area contributed by atoms with Gasteiger partial charge >= 0.3 is 0 Å². The van der Waals surface area contributed by atoms with Crippen molar-refractivity contribution in [2.24, 2.45) is 0 Å². The Hall–Kier alpha value is -3.16. The van der Waals surface area contributed by atoms with Crippen molar-refractivity contribution >= 4 is 17.3 Å². The zero-order valence-corrected chi connectivity index (χ0v) is 15.3. The summed E-state index contributed by atoms with van der Waals surface area (Å²) >= 11 is 0. The van der Waals surface area contributed by atoms with Gasteiger partial charge in [0.05, 0.1) is 12.0 Å². The first-order chi connectivity index (χ1) is 12.9. The van der Waals surface area contributed by atoms with Crippen molar-refractivity contribution in [3.63, 3.8) is 0 Å². The van der Waals surface area contributed by atoms with Crippen molar-refractivity contribution in [1.82, 2.24) is 4.90 Å². The number of nitrogens with zero attached hydrogens (tertiary/aromatic N) is 2. The molecule has 2 aromatic rings. The molecule has 0 atom stereocenters. The highest BCUT2D eigenvalue weighted by atomic mass is 19.1. The molecule has 27 heavy (non-hydrogen) atoms. The van der Waals surface area contributed by atoms with Gasteiger partial charge in [-0.05, 0) is 36.2 Å². The van der Waals surface area contributed by atoms with E-state index < -0.39 is 10.7 Å². The van der Waals surface area contributed by atoms with E-state index in [0.29, 0.717) is 31.5 Å². The molecule has 8 heteroatoms. The lowest BCUT2D eigenvalue weighted by molar-refractivity contribution is -0.384. The highest BCUT2D eigenvalue weighted by molar-refractivity contribution is 5.75. The molecule has 0 aliphatic carbocycles. The van der Waals surface area contributed by atoms with Crippen LogP contribution in [0.15, 0.2) is 42.5 Å². The second kappa shape index (κ2) is 9.51. The first-order valence-electron chi connectivity index (χ1n) is 8.45. The maximum Gasteiger partial charge on any atom is 0.269 e. The standard InChI is InChI=1S/C19H22FN3O4/c1-22(13-14-5-10-18(27-2)17(20)12-14)19(24)4-3-11-21-15-6-8-16(9-7-15)23(25)26/h5-10,12,21H,3-4,11,13H2,1-2H3. The number of hydrogen-bond donors (Lipinski definition) is 1. The van der Waals surface area contributed by atoms with Crippen LogP contribution in [0.25, 0.3) is 0 Å². The fraction of sp³-hybridized carbons (Fsp3) is 0.316. The van der Waals surface area contributed by atoms with Gasteiger partial charge in [-0.1, -0.05) is 6.07 Å². The van der Waals surface area contributed by atoms with Gasteiger partial charge in [0.2, 0.25) is 5.91 Å². The molecule has 0 aromatic heterocycles. The lowest BCUT2D eigenvalue weighted by atomic mass is 10.2. The van der Waals surface area contributed by atoms with E-state index in [4.69, 9.17) is 4.74 Å². The summed E-state index contributed by atoms with van der Waals surface area (Å²) in [6, 6.07) is 10.7. The molecule has 0 heterocycles. The third kappa shape index (κ3) is 5.95. The van der Waals surface area contributed by atoms with Crippen LogP contribution in [0.3, 0.4) is 0 Å². The van der Waals surface area contributed by atoms with E-state index in [2.05, 4.69) is 5.32 Å². The average molecular weight is 375 g/mol. The topological polar surface area (TPSA) is 84.7 Å². The van der Waals surface area contributed by atoms with Crippen LogP contribution in [0.2, 0.25) is 0 Å². The summed E-state index contributed by atoms with van der Waals surface area (Å²) in [5.74, 6) is -0.329. The highest BCUT2D eigenvalue weighted by Gasteiger charge is 2.11. The normalized spacial score (nSPS) is 10.3. The lowest BCUT2D eigenvalue weighted by Gasteiger charge is -2.18. The van der Waals surface area contributed by atoms with Gasteiger partial charge in [0.15, 0.2) is 11.6 Å². The van der Waals surface area contributed by atoms with Crippen molar-refractivity contribution in [2.45, 2.75) is 19.4 Å². The quantitative estimate of drug-likeness (QED) is 0.411. The molecule has 2 rings (SSSR count). The number of nitrogens with one attached hydrogen (secondary N) is 1. The number of amides is 1. The van der Waals surface area contributed by atoms with E-state index >= 15 is 0 Å². The number of anilines is 1. The molecular weight excluding hydrogens is 353 g/mol. The molecule has 0 spiro atoms. The number of ether oxygens (including phenoxy) is 1.